The summed E-state index contributed by atoms with van der Waals surface area (Å²) in [7, 11) is 1.48. The van der Waals surface area contributed by atoms with E-state index in [2.05, 4.69) is 43.9 Å². The van der Waals surface area contributed by atoms with E-state index >= 15 is 0 Å². The van der Waals surface area contributed by atoms with Crippen LogP contribution in [-0.2, 0) is 20.8 Å². The largest absolute Gasteiger partial charge is 0.469 e. The second-order valence-electron chi connectivity index (χ2n) is 6.45. The van der Waals surface area contributed by atoms with E-state index in [1.807, 2.05) is 0 Å². The van der Waals surface area contributed by atoms with Gasteiger partial charge in [0, 0.05) is 29.8 Å². The third-order valence-corrected chi connectivity index (χ3v) is 5.41. The summed E-state index contributed by atoms with van der Waals surface area (Å²) in [5.41, 5.74) is 2.64. The summed E-state index contributed by atoms with van der Waals surface area (Å²) in [6.45, 7) is 6.26. The number of morpholine rings is 1. The Balaban J connectivity index is 1.66. The van der Waals surface area contributed by atoms with Crippen molar-refractivity contribution in [2.45, 2.75) is 19.4 Å². The molecule has 1 aromatic rings. The maximum absolute atomic E-state index is 11.7. The molecule has 1 aromatic carbocycles. The molecular formula is C18H25BrN2O3. The van der Waals surface area contributed by atoms with Crippen molar-refractivity contribution >= 4 is 27.6 Å². The molecule has 0 radical (unpaired) electrons. The van der Waals surface area contributed by atoms with Crippen molar-refractivity contribution in [2.24, 2.45) is 5.92 Å². The van der Waals surface area contributed by atoms with Crippen LogP contribution in [0.25, 0.3) is 0 Å². The van der Waals surface area contributed by atoms with Crippen molar-refractivity contribution < 1.29 is 14.3 Å². The number of hydrogen-bond acceptors (Lipinski definition) is 5. The molecule has 0 amide bonds. The minimum Gasteiger partial charge on any atom is -0.469 e. The lowest BCUT2D eigenvalue weighted by Crippen LogP contribution is -2.39. The van der Waals surface area contributed by atoms with E-state index in [1.165, 1.54) is 18.4 Å². The molecule has 132 valence electrons. The Morgan fingerprint density at radius 1 is 1.25 bits per heavy atom. The number of carbonyl (C=O) groups is 1. The van der Waals surface area contributed by atoms with E-state index in [9.17, 15) is 4.79 Å². The summed E-state index contributed by atoms with van der Waals surface area (Å²) in [4.78, 5) is 16.5. The Kier molecular flexibility index (Phi) is 6.14. The molecule has 2 fully saturated rings. The van der Waals surface area contributed by atoms with Crippen molar-refractivity contribution in [3.05, 3.63) is 28.2 Å². The van der Waals surface area contributed by atoms with E-state index in [1.54, 1.807) is 0 Å². The highest BCUT2D eigenvalue weighted by Gasteiger charge is 2.26. The highest BCUT2D eigenvalue weighted by Crippen LogP contribution is 2.28. The third kappa shape index (κ3) is 4.29. The Morgan fingerprint density at radius 2 is 1.96 bits per heavy atom. The first-order valence-electron chi connectivity index (χ1n) is 8.58. The van der Waals surface area contributed by atoms with E-state index < -0.39 is 0 Å². The second kappa shape index (κ2) is 8.32. The quantitative estimate of drug-likeness (QED) is 0.731. The van der Waals surface area contributed by atoms with Crippen LogP contribution in [0.4, 0.5) is 5.69 Å². The van der Waals surface area contributed by atoms with Gasteiger partial charge in [0.25, 0.3) is 0 Å². The second-order valence-corrected chi connectivity index (χ2v) is 7.36. The molecule has 0 aliphatic carbocycles. The average molecular weight is 397 g/mol. The lowest BCUT2D eigenvalue weighted by atomic mass is 9.96. The molecule has 6 heteroatoms. The number of carbonyl (C=O) groups excluding carboxylic acids is 1. The van der Waals surface area contributed by atoms with Gasteiger partial charge in [-0.25, -0.2) is 0 Å². The molecule has 2 heterocycles. The van der Waals surface area contributed by atoms with E-state index in [-0.39, 0.29) is 11.9 Å². The highest BCUT2D eigenvalue weighted by molar-refractivity contribution is 9.10. The van der Waals surface area contributed by atoms with Crippen molar-refractivity contribution in [2.75, 3.05) is 51.4 Å². The van der Waals surface area contributed by atoms with Crippen LogP contribution >= 0.6 is 15.9 Å². The summed E-state index contributed by atoms with van der Waals surface area (Å²) >= 11 is 3.60. The van der Waals surface area contributed by atoms with Gasteiger partial charge < -0.3 is 14.4 Å². The van der Waals surface area contributed by atoms with Crippen LogP contribution < -0.4 is 4.90 Å². The van der Waals surface area contributed by atoms with E-state index in [0.29, 0.717) is 0 Å². The average Bonchev–Trinajstić information content (AvgIpc) is 2.64. The molecule has 24 heavy (non-hydrogen) atoms. The fourth-order valence-corrected chi connectivity index (χ4v) is 3.85. The lowest BCUT2D eigenvalue weighted by Gasteiger charge is -2.34. The van der Waals surface area contributed by atoms with Crippen LogP contribution in [0.2, 0.25) is 0 Å². The van der Waals surface area contributed by atoms with Gasteiger partial charge >= 0.3 is 5.97 Å². The van der Waals surface area contributed by atoms with Gasteiger partial charge in [0.15, 0.2) is 0 Å². The van der Waals surface area contributed by atoms with Crippen LogP contribution in [0.5, 0.6) is 0 Å². The number of methoxy groups -OCH3 is 1. The molecule has 0 saturated carbocycles. The van der Waals surface area contributed by atoms with Gasteiger partial charge in [0.1, 0.15) is 0 Å². The monoisotopic (exact) mass is 396 g/mol. The van der Waals surface area contributed by atoms with Crippen LogP contribution in [0.1, 0.15) is 18.4 Å². The number of ether oxygens (including phenoxy) is 2. The topological polar surface area (TPSA) is 42.0 Å². The molecule has 0 atom stereocenters. The fourth-order valence-electron chi connectivity index (χ4n) is 3.50. The zero-order valence-electron chi connectivity index (χ0n) is 14.2. The molecule has 0 N–H and O–H groups in total. The summed E-state index contributed by atoms with van der Waals surface area (Å²) in [5.74, 6) is 0.00202. The normalized spacial score (nSPS) is 20.2. The Labute approximate surface area is 152 Å². The van der Waals surface area contributed by atoms with Crippen LogP contribution in [0, 0.1) is 5.92 Å². The maximum Gasteiger partial charge on any atom is 0.308 e. The molecule has 0 bridgehead atoms. The Bertz CT molecular complexity index is 567. The zero-order chi connectivity index (χ0) is 16.9. The van der Waals surface area contributed by atoms with Crippen molar-refractivity contribution in [1.29, 1.82) is 0 Å². The first kappa shape index (κ1) is 17.7. The summed E-state index contributed by atoms with van der Waals surface area (Å²) < 4.78 is 11.5. The van der Waals surface area contributed by atoms with Gasteiger partial charge in [-0.2, -0.15) is 0 Å². The van der Waals surface area contributed by atoms with Gasteiger partial charge in [-0.3, -0.25) is 9.69 Å². The van der Waals surface area contributed by atoms with Crippen molar-refractivity contribution in [3.63, 3.8) is 0 Å². The minimum absolute atomic E-state index is 0.0627. The summed E-state index contributed by atoms with van der Waals surface area (Å²) in [6.07, 6.45) is 1.77. The molecule has 2 aliphatic rings. The third-order valence-electron chi connectivity index (χ3n) is 4.92. The van der Waals surface area contributed by atoms with Gasteiger partial charge in [-0.1, -0.05) is 22.0 Å². The molecule has 3 rings (SSSR count). The molecule has 0 spiro atoms. The molecule has 2 saturated heterocycles. The summed E-state index contributed by atoms with van der Waals surface area (Å²) in [6, 6.07) is 6.53. The number of piperidine rings is 1. The van der Waals surface area contributed by atoms with Crippen LogP contribution in [-0.4, -0.2) is 57.4 Å². The molecular weight excluding hydrogens is 372 g/mol. The Hall–Kier alpha value is -1.11. The van der Waals surface area contributed by atoms with Crippen molar-refractivity contribution in [1.82, 2.24) is 4.90 Å². The summed E-state index contributed by atoms with van der Waals surface area (Å²) in [5, 5.41) is 0. The maximum atomic E-state index is 11.7. The number of halogens is 1. The highest BCUT2D eigenvalue weighted by atomic mass is 79.9. The molecule has 0 unspecified atom stereocenters. The first-order valence-corrected chi connectivity index (χ1v) is 9.38. The predicted molar refractivity (Wildman–Crippen MR) is 97.2 cm³/mol. The van der Waals surface area contributed by atoms with Crippen LogP contribution in [0.15, 0.2) is 22.7 Å². The SMILES string of the molecule is COC(=O)C1CCN(Cc2ccc(Br)cc2N2CCOCC2)CC1. The standard InChI is InChI=1S/C18H25BrN2O3/c1-23-18(22)14-4-6-20(7-5-14)13-15-2-3-16(19)12-17(15)21-8-10-24-11-9-21/h2-3,12,14H,4-11,13H2,1H3. The number of benzene rings is 1. The van der Waals surface area contributed by atoms with Crippen LogP contribution in [0.3, 0.4) is 0 Å². The number of nitrogens with zero attached hydrogens (tertiary/aromatic N) is 2. The fraction of sp³-hybridized carbons (Fsp3) is 0.611. The smallest absolute Gasteiger partial charge is 0.308 e. The lowest BCUT2D eigenvalue weighted by molar-refractivity contribution is -0.147. The number of anilines is 1. The Morgan fingerprint density at radius 3 is 2.62 bits per heavy atom. The number of hydrogen-bond donors (Lipinski definition) is 0. The first-order chi connectivity index (χ1) is 11.7. The van der Waals surface area contributed by atoms with Gasteiger partial charge in [-0.15, -0.1) is 0 Å². The van der Waals surface area contributed by atoms with Gasteiger partial charge in [-0.05, 0) is 43.6 Å². The van der Waals surface area contributed by atoms with Gasteiger partial charge in [0.2, 0.25) is 0 Å². The molecule has 0 aromatic heterocycles. The molecule has 2 aliphatic heterocycles. The van der Waals surface area contributed by atoms with E-state index in [0.717, 1.165) is 63.3 Å². The van der Waals surface area contributed by atoms with Crippen molar-refractivity contribution in [3.8, 4) is 0 Å². The zero-order valence-corrected chi connectivity index (χ0v) is 15.8. The van der Waals surface area contributed by atoms with E-state index in [4.69, 9.17) is 9.47 Å². The predicted octanol–water partition coefficient (Wildman–Crippen LogP) is 2.67. The minimum atomic E-state index is -0.0627. The number of rotatable bonds is 4. The number of likely N-dealkylation sites (tertiary alicyclic amines) is 1. The number of esters is 1. The van der Waals surface area contributed by atoms with Gasteiger partial charge in [0.05, 0.1) is 26.2 Å². The molecule has 5 nitrogen and oxygen atoms in total.